The van der Waals surface area contributed by atoms with Crippen LogP contribution in [-0.4, -0.2) is 25.2 Å². The van der Waals surface area contributed by atoms with Gasteiger partial charge in [-0.3, -0.25) is 15.0 Å². The van der Waals surface area contributed by atoms with Crippen LogP contribution in [0.15, 0.2) is 11.4 Å². The van der Waals surface area contributed by atoms with Gasteiger partial charge in [0.2, 0.25) is 0 Å². The van der Waals surface area contributed by atoms with Gasteiger partial charge in [0.05, 0.1) is 18.1 Å². The molecule has 1 rings (SSSR count). The van der Waals surface area contributed by atoms with Crippen molar-refractivity contribution >= 4 is 16.3 Å². The van der Waals surface area contributed by atoms with Crippen molar-refractivity contribution in [1.29, 1.82) is 0 Å². The zero-order valence-corrected chi connectivity index (χ0v) is 9.08. The monoisotopic (exact) mass is 232 g/mol. The van der Waals surface area contributed by atoms with E-state index in [9.17, 15) is 10.1 Å². The summed E-state index contributed by atoms with van der Waals surface area (Å²) in [5.41, 5.74) is 3.53. The van der Waals surface area contributed by atoms with Crippen LogP contribution in [0.5, 0.6) is 0 Å². The lowest BCUT2D eigenvalue weighted by Crippen LogP contribution is -2.16. The smallest absolute Gasteiger partial charge is 0.324 e. The van der Waals surface area contributed by atoms with E-state index >= 15 is 0 Å². The van der Waals surface area contributed by atoms with Gasteiger partial charge in [0.25, 0.3) is 0 Å². The maximum Gasteiger partial charge on any atom is 0.324 e. The Labute approximate surface area is 90.9 Å². The third-order valence-corrected chi connectivity index (χ3v) is 2.52. The van der Waals surface area contributed by atoms with Crippen LogP contribution in [0.2, 0.25) is 0 Å². The molecule has 0 saturated carbocycles. The summed E-state index contributed by atoms with van der Waals surface area (Å²) in [5, 5.41) is 12.2. The summed E-state index contributed by atoms with van der Waals surface area (Å²) >= 11 is 1.11. The molecule has 0 aliphatic rings. The highest BCUT2D eigenvalue weighted by Gasteiger charge is 2.08. The predicted molar refractivity (Wildman–Crippen MR) is 55.6 cm³/mol. The first kappa shape index (κ1) is 12.1. The molecule has 1 aromatic rings. The van der Waals surface area contributed by atoms with Gasteiger partial charge >= 0.3 is 5.00 Å². The van der Waals surface area contributed by atoms with Gasteiger partial charge < -0.3 is 4.74 Å². The Balaban J connectivity index is 2.23. The lowest BCUT2D eigenvalue weighted by Gasteiger charge is -2.02. The highest BCUT2D eigenvalue weighted by atomic mass is 32.1. The first-order chi connectivity index (χ1) is 7.24. The normalized spacial score (nSPS) is 10.5. The van der Waals surface area contributed by atoms with Crippen molar-refractivity contribution in [3.63, 3.8) is 0 Å². The lowest BCUT2D eigenvalue weighted by molar-refractivity contribution is -0.380. The number of nitrogens with one attached hydrogen (secondary N) is 1. The van der Waals surface area contributed by atoms with E-state index in [1.54, 1.807) is 12.5 Å². The minimum atomic E-state index is -0.403. The summed E-state index contributed by atoms with van der Waals surface area (Å²) in [6, 6.07) is 1.53. The molecule has 0 aliphatic carbocycles. The second-order valence-corrected chi connectivity index (χ2v) is 3.60. The second kappa shape index (κ2) is 6.46. The Hall–Kier alpha value is -1.02. The molecule has 0 atom stereocenters. The highest BCUT2D eigenvalue weighted by Crippen LogP contribution is 2.22. The predicted octanol–water partition coefficient (Wildman–Crippen LogP) is 1.32. The Morgan fingerprint density at radius 3 is 3.00 bits per heavy atom. The van der Waals surface area contributed by atoms with Crippen LogP contribution in [0.25, 0.3) is 0 Å². The topological polar surface area (TPSA) is 73.6 Å². The molecule has 0 saturated heterocycles. The zero-order valence-electron chi connectivity index (χ0n) is 8.26. The van der Waals surface area contributed by atoms with E-state index in [2.05, 4.69) is 5.48 Å². The lowest BCUT2D eigenvalue weighted by atomic mass is 10.3. The fourth-order valence-electron chi connectivity index (χ4n) is 0.883. The molecule has 0 bridgehead atoms. The van der Waals surface area contributed by atoms with Crippen molar-refractivity contribution in [2.24, 2.45) is 0 Å². The van der Waals surface area contributed by atoms with E-state index in [4.69, 9.17) is 9.57 Å². The Kier molecular flexibility index (Phi) is 5.19. The molecule has 0 amide bonds. The third kappa shape index (κ3) is 4.34. The summed E-state index contributed by atoms with van der Waals surface area (Å²) in [6.07, 6.45) is 0. The van der Waals surface area contributed by atoms with Crippen LogP contribution in [0, 0.1) is 10.1 Å². The van der Waals surface area contributed by atoms with Crippen LogP contribution in [0.3, 0.4) is 0 Å². The maximum atomic E-state index is 10.4. The molecule has 0 unspecified atom stereocenters. The molecule has 0 spiro atoms. The molecule has 1 aromatic heterocycles. The first-order valence-electron chi connectivity index (χ1n) is 4.29. The van der Waals surface area contributed by atoms with E-state index in [1.807, 2.05) is 0 Å². The summed E-state index contributed by atoms with van der Waals surface area (Å²) < 4.78 is 4.78. The number of ether oxygens (including phenoxy) is 1. The number of nitrogens with zero attached hydrogens (tertiary/aromatic N) is 1. The van der Waals surface area contributed by atoms with Gasteiger partial charge in [-0.25, -0.2) is 0 Å². The Morgan fingerprint density at radius 2 is 2.40 bits per heavy atom. The summed E-state index contributed by atoms with van der Waals surface area (Å²) in [7, 11) is 1.59. The van der Waals surface area contributed by atoms with Gasteiger partial charge in [-0.05, 0) is 5.56 Å². The van der Waals surface area contributed by atoms with Crippen molar-refractivity contribution in [2.75, 3.05) is 20.3 Å². The molecule has 84 valence electrons. The summed E-state index contributed by atoms with van der Waals surface area (Å²) in [4.78, 5) is 15.0. The fourth-order valence-corrected chi connectivity index (χ4v) is 1.61. The molecule has 0 aromatic carbocycles. The van der Waals surface area contributed by atoms with E-state index in [-0.39, 0.29) is 5.00 Å². The molecule has 1 heterocycles. The van der Waals surface area contributed by atoms with Gasteiger partial charge in [0, 0.05) is 25.1 Å². The maximum absolute atomic E-state index is 10.4. The summed E-state index contributed by atoms with van der Waals surface area (Å²) in [6.45, 7) is 1.41. The van der Waals surface area contributed by atoms with Crippen LogP contribution in [0.1, 0.15) is 5.56 Å². The first-order valence-corrected chi connectivity index (χ1v) is 5.17. The SMILES string of the molecule is COCCONCc1csc([N+](=O)[O-])c1. The fraction of sp³-hybridized carbons (Fsp3) is 0.500. The van der Waals surface area contributed by atoms with Crippen LogP contribution in [-0.2, 0) is 16.1 Å². The molecule has 15 heavy (non-hydrogen) atoms. The number of thiophene rings is 1. The minimum absolute atomic E-state index is 0.142. The van der Waals surface area contributed by atoms with Gasteiger partial charge in [0.1, 0.15) is 0 Å². The Morgan fingerprint density at radius 1 is 1.60 bits per heavy atom. The molecule has 0 aliphatic heterocycles. The standard InChI is InChI=1S/C8H12N2O4S/c1-13-2-3-14-9-5-7-4-8(10(11)12)15-6-7/h4,6,9H,2-3,5H2,1H3. The van der Waals surface area contributed by atoms with E-state index < -0.39 is 4.92 Å². The average Bonchev–Trinajstić information content (AvgIpc) is 2.66. The number of rotatable bonds is 7. The van der Waals surface area contributed by atoms with E-state index in [1.165, 1.54) is 6.07 Å². The minimum Gasteiger partial charge on any atom is -0.382 e. The van der Waals surface area contributed by atoms with Crippen LogP contribution in [0.4, 0.5) is 5.00 Å². The van der Waals surface area contributed by atoms with E-state index in [0.29, 0.717) is 19.8 Å². The molecular formula is C8H12N2O4S. The van der Waals surface area contributed by atoms with Crippen molar-refractivity contribution in [3.8, 4) is 0 Å². The molecule has 0 fully saturated rings. The number of methoxy groups -OCH3 is 1. The van der Waals surface area contributed by atoms with Gasteiger partial charge in [0.15, 0.2) is 0 Å². The summed E-state index contributed by atoms with van der Waals surface area (Å²) in [5.74, 6) is 0. The third-order valence-electron chi connectivity index (χ3n) is 1.59. The molecule has 0 radical (unpaired) electrons. The Bertz CT molecular complexity index is 315. The second-order valence-electron chi connectivity index (χ2n) is 2.71. The molecular weight excluding hydrogens is 220 g/mol. The number of hydrogen-bond donors (Lipinski definition) is 1. The van der Waals surface area contributed by atoms with Crippen LogP contribution >= 0.6 is 11.3 Å². The molecule has 7 heteroatoms. The number of nitro groups is 1. The largest absolute Gasteiger partial charge is 0.382 e. The van der Waals surface area contributed by atoms with E-state index in [0.717, 1.165) is 16.9 Å². The molecule has 1 N–H and O–H groups in total. The number of hydrogen-bond acceptors (Lipinski definition) is 6. The van der Waals surface area contributed by atoms with Crippen molar-refractivity contribution in [1.82, 2.24) is 5.48 Å². The van der Waals surface area contributed by atoms with Crippen molar-refractivity contribution in [3.05, 3.63) is 27.1 Å². The number of hydroxylamine groups is 1. The van der Waals surface area contributed by atoms with Gasteiger partial charge in [-0.1, -0.05) is 11.3 Å². The average molecular weight is 232 g/mol. The van der Waals surface area contributed by atoms with Crippen molar-refractivity contribution in [2.45, 2.75) is 6.54 Å². The quantitative estimate of drug-likeness (QED) is 0.436. The molecule has 6 nitrogen and oxygen atoms in total. The van der Waals surface area contributed by atoms with Gasteiger partial charge in [-0.15, -0.1) is 0 Å². The highest BCUT2D eigenvalue weighted by molar-refractivity contribution is 7.13. The zero-order chi connectivity index (χ0) is 11.1. The van der Waals surface area contributed by atoms with Crippen molar-refractivity contribution < 1.29 is 14.5 Å². The van der Waals surface area contributed by atoms with Crippen LogP contribution < -0.4 is 5.48 Å². The van der Waals surface area contributed by atoms with Gasteiger partial charge in [-0.2, -0.15) is 5.48 Å².